The molecule has 1 N–H and O–H groups in total. The molecule has 4 nitrogen and oxygen atoms in total. The van der Waals surface area contributed by atoms with Gasteiger partial charge in [0.1, 0.15) is 0 Å². The standard InChI is InChI=1S/C16H23ClN4S.HI/c1-12(15-6-5-7-22-15)9-19-16(18-2)21(4)11-14-8-13(17)10-20(14)3;/h5-8,10,12H,9,11H2,1-4H3,(H,18,19);1H. The number of guanidine groups is 1. The zero-order valence-corrected chi connectivity index (χ0v) is 17.8. The molecule has 0 aromatic carbocycles. The summed E-state index contributed by atoms with van der Waals surface area (Å²) in [5.74, 6) is 1.36. The summed E-state index contributed by atoms with van der Waals surface area (Å²) in [6.07, 6.45) is 1.92. The highest BCUT2D eigenvalue weighted by Gasteiger charge is 2.12. The molecule has 23 heavy (non-hydrogen) atoms. The van der Waals surface area contributed by atoms with Crippen molar-refractivity contribution in [2.45, 2.75) is 19.4 Å². The van der Waals surface area contributed by atoms with E-state index in [1.54, 1.807) is 11.3 Å². The topological polar surface area (TPSA) is 32.6 Å². The average molecular weight is 467 g/mol. The van der Waals surface area contributed by atoms with E-state index in [0.717, 1.165) is 29.8 Å². The molecule has 0 saturated carbocycles. The van der Waals surface area contributed by atoms with Gasteiger partial charge in [-0.05, 0) is 17.5 Å². The molecule has 0 bridgehead atoms. The Balaban J connectivity index is 0.00000264. The smallest absolute Gasteiger partial charge is 0.193 e. The van der Waals surface area contributed by atoms with Crippen LogP contribution in [0.5, 0.6) is 0 Å². The molecule has 128 valence electrons. The van der Waals surface area contributed by atoms with E-state index in [4.69, 9.17) is 11.6 Å². The Morgan fingerprint density at radius 1 is 1.52 bits per heavy atom. The summed E-state index contributed by atoms with van der Waals surface area (Å²) >= 11 is 7.83. The van der Waals surface area contributed by atoms with Crippen LogP contribution < -0.4 is 5.32 Å². The average Bonchev–Trinajstić information content (AvgIpc) is 3.10. The van der Waals surface area contributed by atoms with Gasteiger partial charge in [-0.25, -0.2) is 0 Å². The first-order chi connectivity index (χ1) is 10.5. The lowest BCUT2D eigenvalue weighted by Crippen LogP contribution is -2.40. The highest BCUT2D eigenvalue weighted by molar-refractivity contribution is 14.0. The maximum atomic E-state index is 6.04. The Hall–Kier alpha value is -0.730. The maximum absolute atomic E-state index is 6.04. The van der Waals surface area contributed by atoms with Gasteiger partial charge in [0.2, 0.25) is 0 Å². The van der Waals surface area contributed by atoms with Gasteiger partial charge in [0, 0.05) is 50.4 Å². The number of aromatic nitrogens is 1. The third-order valence-electron chi connectivity index (χ3n) is 3.64. The van der Waals surface area contributed by atoms with Crippen molar-refractivity contribution >= 4 is 52.9 Å². The van der Waals surface area contributed by atoms with Gasteiger partial charge in [-0.15, -0.1) is 35.3 Å². The minimum Gasteiger partial charge on any atom is -0.356 e. The van der Waals surface area contributed by atoms with E-state index in [9.17, 15) is 0 Å². The third-order valence-corrected chi connectivity index (χ3v) is 4.95. The van der Waals surface area contributed by atoms with Gasteiger partial charge in [-0.3, -0.25) is 4.99 Å². The van der Waals surface area contributed by atoms with Crippen molar-refractivity contribution < 1.29 is 0 Å². The minimum absolute atomic E-state index is 0. The molecule has 0 aliphatic heterocycles. The summed E-state index contributed by atoms with van der Waals surface area (Å²) in [5.41, 5.74) is 1.15. The quantitative estimate of drug-likeness (QED) is 0.407. The normalized spacial score (nSPS) is 12.7. The molecule has 2 aromatic rings. The number of nitrogens with zero attached hydrogens (tertiary/aromatic N) is 3. The summed E-state index contributed by atoms with van der Waals surface area (Å²) < 4.78 is 2.04. The molecule has 1 atom stereocenters. The molecule has 0 radical (unpaired) electrons. The molecule has 7 heteroatoms. The summed E-state index contributed by atoms with van der Waals surface area (Å²) in [7, 11) is 5.85. The molecular weight excluding hydrogens is 443 g/mol. The lowest BCUT2D eigenvalue weighted by atomic mass is 10.1. The van der Waals surface area contributed by atoms with Crippen LogP contribution in [-0.2, 0) is 13.6 Å². The second-order valence-corrected chi connectivity index (χ2v) is 6.88. The van der Waals surface area contributed by atoms with Crippen molar-refractivity contribution in [3.8, 4) is 0 Å². The SMILES string of the molecule is CN=C(NCC(C)c1cccs1)N(C)Cc1cc(Cl)cn1C.I. The number of halogens is 2. The maximum Gasteiger partial charge on any atom is 0.193 e. The molecule has 2 aromatic heterocycles. The first-order valence-corrected chi connectivity index (χ1v) is 8.53. The van der Waals surface area contributed by atoms with Crippen molar-refractivity contribution in [2.75, 3.05) is 20.6 Å². The second kappa shape index (κ2) is 9.54. The zero-order chi connectivity index (χ0) is 16.1. The summed E-state index contributed by atoms with van der Waals surface area (Å²) in [5, 5.41) is 6.33. The van der Waals surface area contributed by atoms with Crippen molar-refractivity contribution in [2.24, 2.45) is 12.0 Å². The van der Waals surface area contributed by atoms with Crippen LogP contribution in [0.2, 0.25) is 5.02 Å². The van der Waals surface area contributed by atoms with E-state index in [2.05, 4.69) is 39.6 Å². The number of aryl methyl sites for hydroxylation is 1. The lowest BCUT2D eigenvalue weighted by Gasteiger charge is -2.23. The lowest BCUT2D eigenvalue weighted by molar-refractivity contribution is 0.459. The zero-order valence-electron chi connectivity index (χ0n) is 13.9. The van der Waals surface area contributed by atoms with Crippen LogP contribution in [-0.4, -0.2) is 36.1 Å². The molecule has 0 aliphatic rings. The van der Waals surface area contributed by atoms with Gasteiger partial charge >= 0.3 is 0 Å². The second-order valence-electron chi connectivity index (χ2n) is 5.46. The molecule has 0 fully saturated rings. The Morgan fingerprint density at radius 2 is 2.26 bits per heavy atom. The third kappa shape index (κ3) is 5.69. The Bertz CT molecular complexity index is 624. The number of hydrogen-bond acceptors (Lipinski definition) is 2. The van der Waals surface area contributed by atoms with Crippen LogP contribution >= 0.6 is 46.9 Å². The summed E-state index contributed by atoms with van der Waals surface area (Å²) in [6.45, 7) is 3.85. The molecule has 0 amide bonds. The molecule has 2 rings (SSSR count). The Labute approximate surface area is 164 Å². The first kappa shape index (κ1) is 20.3. The highest BCUT2D eigenvalue weighted by atomic mass is 127. The molecule has 0 spiro atoms. The van der Waals surface area contributed by atoms with Crippen molar-refractivity contribution in [3.63, 3.8) is 0 Å². The summed E-state index contributed by atoms with van der Waals surface area (Å²) in [6, 6.07) is 6.26. The largest absolute Gasteiger partial charge is 0.356 e. The van der Waals surface area contributed by atoms with Crippen molar-refractivity contribution in [1.29, 1.82) is 0 Å². The van der Waals surface area contributed by atoms with Crippen LogP contribution in [0.15, 0.2) is 34.8 Å². The van der Waals surface area contributed by atoms with Crippen molar-refractivity contribution in [3.05, 3.63) is 45.4 Å². The van der Waals surface area contributed by atoms with Gasteiger partial charge in [0.05, 0.1) is 11.6 Å². The molecular formula is C16H24ClIN4S. The van der Waals surface area contributed by atoms with Crippen LogP contribution in [0, 0.1) is 0 Å². The number of rotatable bonds is 5. The van der Waals surface area contributed by atoms with E-state index in [-0.39, 0.29) is 24.0 Å². The van der Waals surface area contributed by atoms with Gasteiger partial charge in [0.25, 0.3) is 0 Å². The summed E-state index contributed by atoms with van der Waals surface area (Å²) in [4.78, 5) is 7.86. The molecule has 0 aliphatic carbocycles. The van der Waals surface area contributed by atoms with E-state index < -0.39 is 0 Å². The van der Waals surface area contributed by atoms with E-state index in [0.29, 0.717) is 5.92 Å². The number of aliphatic imine (C=N–C) groups is 1. The van der Waals surface area contributed by atoms with E-state index in [1.165, 1.54) is 4.88 Å². The van der Waals surface area contributed by atoms with Gasteiger partial charge < -0.3 is 14.8 Å². The van der Waals surface area contributed by atoms with Gasteiger partial charge in [0.15, 0.2) is 5.96 Å². The van der Waals surface area contributed by atoms with E-state index >= 15 is 0 Å². The monoisotopic (exact) mass is 466 g/mol. The Morgan fingerprint density at radius 3 is 2.78 bits per heavy atom. The van der Waals surface area contributed by atoms with Crippen molar-refractivity contribution in [1.82, 2.24) is 14.8 Å². The van der Waals surface area contributed by atoms with Crippen LogP contribution in [0.4, 0.5) is 0 Å². The fraction of sp³-hybridized carbons (Fsp3) is 0.438. The molecule has 0 saturated heterocycles. The minimum atomic E-state index is 0. The number of thiophene rings is 1. The van der Waals surface area contributed by atoms with E-state index in [1.807, 2.05) is 38.0 Å². The molecule has 2 heterocycles. The predicted molar refractivity (Wildman–Crippen MR) is 111 cm³/mol. The van der Waals surface area contributed by atoms with Crippen LogP contribution in [0.1, 0.15) is 23.4 Å². The molecule has 1 unspecified atom stereocenters. The fourth-order valence-corrected chi connectivity index (χ4v) is 3.40. The fourth-order valence-electron chi connectivity index (χ4n) is 2.34. The van der Waals surface area contributed by atoms with Gasteiger partial charge in [-0.2, -0.15) is 0 Å². The van der Waals surface area contributed by atoms with Crippen LogP contribution in [0.25, 0.3) is 0 Å². The number of nitrogens with one attached hydrogen (secondary N) is 1. The number of hydrogen-bond donors (Lipinski definition) is 1. The van der Waals surface area contributed by atoms with Crippen LogP contribution in [0.3, 0.4) is 0 Å². The Kier molecular flexibility index (Phi) is 8.42. The highest BCUT2D eigenvalue weighted by Crippen LogP contribution is 2.19. The first-order valence-electron chi connectivity index (χ1n) is 7.27. The predicted octanol–water partition coefficient (Wildman–Crippen LogP) is 4.17. The van der Waals surface area contributed by atoms with Gasteiger partial charge in [-0.1, -0.05) is 24.6 Å².